The minimum atomic E-state index is -0.270. The molecule has 0 aromatic carbocycles. The van der Waals surface area contributed by atoms with E-state index >= 15 is 0 Å². The average Bonchev–Trinajstić information content (AvgIpc) is 2.52. The fourth-order valence-corrected chi connectivity index (χ4v) is 1.98. The number of carbonyl (C=O) groups excluding carboxylic acids is 1. The van der Waals surface area contributed by atoms with Crippen LogP contribution < -0.4 is 10.6 Å². The van der Waals surface area contributed by atoms with E-state index in [2.05, 4.69) is 10.6 Å². The highest BCUT2D eigenvalue weighted by Gasteiger charge is 2.18. The van der Waals surface area contributed by atoms with Crippen LogP contribution in [-0.4, -0.2) is 36.2 Å². The molecule has 0 bridgehead atoms. The van der Waals surface area contributed by atoms with Gasteiger partial charge in [-0.25, -0.2) is 0 Å². The summed E-state index contributed by atoms with van der Waals surface area (Å²) in [6.07, 6.45) is 5.80. The van der Waals surface area contributed by atoms with E-state index in [-0.39, 0.29) is 18.1 Å². The summed E-state index contributed by atoms with van der Waals surface area (Å²) in [6, 6.07) is -0.00551. The van der Waals surface area contributed by atoms with Crippen LogP contribution in [-0.2, 0) is 4.79 Å². The molecule has 0 aromatic heterocycles. The zero-order chi connectivity index (χ0) is 11.8. The monoisotopic (exact) mass is 228 g/mol. The predicted molar refractivity (Wildman–Crippen MR) is 64.2 cm³/mol. The molecular formula is C12H24N2O2. The van der Waals surface area contributed by atoms with Crippen LogP contribution in [0.25, 0.3) is 0 Å². The van der Waals surface area contributed by atoms with Gasteiger partial charge in [-0.1, -0.05) is 12.8 Å². The number of amides is 1. The van der Waals surface area contributed by atoms with Crippen molar-refractivity contribution in [2.45, 2.75) is 57.6 Å². The molecule has 2 unspecified atom stereocenters. The third kappa shape index (κ3) is 5.47. The van der Waals surface area contributed by atoms with E-state index < -0.39 is 0 Å². The maximum Gasteiger partial charge on any atom is 0.237 e. The SMILES string of the molecule is CC(O)CCCNC(=O)C1CCCCCN1. The van der Waals surface area contributed by atoms with Crippen LogP contribution in [0.4, 0.5) is 0 Å². The molecule has 4 nitrogen and oxygen atoms in total. The molecule has 0 radical (unpaired) electrons. The average molecular weight is 228 g/mol. The van der Waals surface area contributed by atoms with Gasteiger partial charge >= 0.3 is 0 Å². The Hall–Kier alpha value is -0.610. The largest absolute Gasteiger partial charge is 0.393 e. The van der Waals surface area contributed by atoms with E-state index in [1.54, 1.807) is 6.92 Å². The fraction of sp³-hybridized carbons (Fsp3) is 0.917. The van der Waals surface area contributed by atoms with E-state index in [9.17, 15) is 4.79 Å². The summed E-state index contributed by atoms with van der Waals surface area (Å²) in [7, 11) is 0. The summed E-state index contributed by atoms with van der Waals surface area (Å²) in [5, 5.41) is 15.3. The molecule has 0 saturated carbocycles. The van der Waals surface area contributed by atoms with Crippen molar-refractivity contribution in [3.8, 4) is 0 Å². The Morgan fingerprint density at radius 3 is 3.06 bits per heavy atom. The lowest BCUT2D eigenvalue weighted by Gasteiger charge is -2.15. The van der Waals surface area contributed by atoms with Gasteiger partial charge in [-0.15, -0.1) is 0 Å². The molecule has 0 spiro atoms. The van der Waals surface area contributed by atoms with Crippen molar-refractivity contribution in [1.29, 1.82) is 0 Å². The van der Waals surface area contributed by atoms with Gasteiger partial charge < -0.3 is 15.7 Å². The van der Waals surface area contributed by atoms with Crippen molar-refractivity contribution < 1.29 is 9.90 Å². The minimum Gasteiger partial charge on any atom is -0.393 e. The highest BCUT2D eigenvalue weighted by Crippen LogP contribution is 2.08. The molecule has 1 heterocycles. The second-order valence-corrected chi connectivity index (χ2v) is 4.64. The Kier molecular flexibility index (Phi) is 6.42. The number of hydrogen-bond acceptors (Lipinski definition) is 3. The van der Waals surface area contributed by atoms with E-state index in [0.29, 0.717) is 6.54 Å². The minimum absolute atomic E-state index is 0.00551. The highest BCUT2D eigenvalue weighted by atomic mass is 16.3. The fourth-order valence-electron chi connectivity index (χ4n) is 1.98. The number of carbonyl (C=O) groups is 1. The van der Waals surface area contributed by atoms with Gasteiger partial charge in [-0.2, -0.15) is 0 Å². The Morgan fingerprint density at radius 2 is 2.31 bits per heavy atom. The predicted octanol–water partition coefficient (Wildman–Crippen LogP) is 0.796. The smallest absolute Gasteiger partial charge is 0.237 e. The van der Waals surface area contributed by atoms with E-state index in [0.717, 1.165) is 32.2 Å². The van der Waals surface area contributed by atoms with Gasteiger partial charge in [-0.3, -0.25) is 4.79 Å². The second kappa shape index (κ2) is 7.63. The van der Waals surface area contributed by atoms with Crippen molar-refractivity contribution in [3.63, 3.8) is 0 Å². The Morgan fingerprint density at radius 1 is 1.50 bits per heavy atom. The molecule has 4 heteroatoms. The van der Waals surface area contributed by atoms with Gasteiger partial charge in [0.2, 0.25) is 5.91 Å². The molecular weight excluding hydrogens is 204 g/mol. The molecule has 1 aliphatic heterocycles. The van der Waals surface area contributed by atoms with Gasteiger partial charge in [0.05, 0.1) is 12.1 Å². The van der Waals surface area contributed by atoms with Crippen LogP contribution in [0.2, 0.25) is 0 Å². The van der Waals surface area contributed by atoms with E-state index in [4.69, 9.17) is 5.11 Å². The molecule has 2 atom stereocenters. The zero-order valence-electron chi connectivity index (χ0n) is 10.2. The van der Waals surface area contributed by atoms with Crippen molar-refractivity contribution >= 4 is 5.91 Å². The Balaban J connectivity index is 2.13. The molecule has 94 valence electrons. The number of aliphatic hydroxyl groups is 1. The van der Waals surface area contributed by atoms with Gasteiger partial charge in [0.25, 0.3) is 0 Å². The lowest BCUT2D eigenvalue weighted by molar-refractivity contribution is -0.123. The summed E-state index contributed by atoms with van der Waals surface area (Å²) in [4.78, 5) is 11.8. The van der Waals surface area contributed by atoms with Crippen LogP contribution in [0.1, 0.15) is 45.4 Å². The maximum absolute atomic E-state index is 11.8. The van der Waals surface area contributed by atoms with Crippen LogP contribution in [0.15, 0.2) is 0 Å². The van der Waals surface area contributed by atoms with E-state index in [1.165, 1.54) is 12.8 Å². The van der Waals surface area contributed by atoms with Gasteiger partial charge in [0.1, 0.15) is 0 Å². The van der Waals surface area contributed by atoms with Gasteiger partial charge in [0, 0.05) is 6.54 Å². The van der Waals surface area contributed by atoms with Crippen molar-refractivity contribution in [2.75, 3.05) is 13.1 Å². The number of aliphatic hydroxyl groups excluding tert-OH is 1. The molecule has 1 fully saturated rings. The first-order chi connectivity index (χ1) is 7.70. The Bertz CT molecular complexity index is 199. The topological polar surface area (TPSA) is 61.4 Å². The quantitative estimate of drug-likeness (QED) is 0.610. The van der Waals surface area contributed by atoms with Crippen molar-refractivity contribution in [2.24, 2.45) is 0 Å². The van der Waals surface area contributed by atoms with Crippen LogP contribution >= 0.6 is 0 Å². The normalized spacial score (nSPS) is 23.5. The molecule has 0 aliphatic carbocycles. The lowest BCUT2D eigenvalue weighted by atomic mass is 10.1. The zero-order valence-corrected chi connectivity index (χ0v) is 10.2. The molecule has 16 heavy (non-hydrogen) atoms. The first kappa shape index (κ1) is 13.5. The first-order valence-electron chi connectivity index (χ1n) is 6.39. The second-order valence-electron chi connectivity index (χ2n) is 4.64. The van der Waals surface area contributed by atoms with Gasteiger partial charge in [-0.05, 0) is 39.2 Å². The third-order valence-corrected chi connectivity index (χ3v) is 2.97. The molecule has 1 amide bonds. The summed E-state index contributed by atoms with van der Waals surface area (Å²) in [6.45, 7) is 3.39. The summed E-state index contributed by atoms with van der Waals surface area (Å²) >= 11 is 0. The van der Waals surface area contributed by atoms with Crippen molar-refractivity contribution in [3.05, 3.63) is 0 Å². The van der Waals surface area contributed by atoms with Crippen LogP contribution in [0, 0.1) is 0 Å². The first-order valence-corrected chi connectivity index (χ1v) is 6.39. The van der Waals surface area contributed by atoms with Gasteiger partial charge in [0.15, 0.2) is 0 Å². The number of nitrogens with one attached hydrogen (secondary N) is 2. The highest BCUT2D eigenvalue weighted by molar-refractivity contribution is 5.81. The van der Waals surface area contributed by atoms with Crippen molar-refractivity contribution in [1.82, 2.24) is 10.6 Å². The molecule has 0 aromatic rings. The standard InChI is InChI=1S/C12H24N2O2/c1-10(15)6-5-9-14-12(16)11-7-3-2-4-8-13-11/h10-11,13,15H,2-9H2,1H3,(H,14,16). The third-order valence-electron chi connectivity index (χ3n) is 2.97. The Labute approximate surface area is 97.8 Å². The van der Waals surface area contributed by atoms with Crippen LogP contribution in [0.3, 0.4) is 0 Å². The molecule has 1 aliphatic rings. The number of rotatable bonds is 5. The maximum atomic E-state index is 11.8. The molecule has 1 rings (SSSR count). The van der Waals surface area contributed by atoms with Crippen LogP contribution in [0.5, 0.6) is 0 Å². The number of hydrogen-bond donors (Lipinski definition) is 3. The van der Waals surface area contributed by atoms with E-state index in [1.807, 2.05) is 0 Å². The molecule has 1 saturated heterocycles. The lowest BCUT2D eigenvalue weighted by Crippen LogP contribution is -2.44. The summed E-state index contributed by atoms with van der Waals surface area (Å²) in [5.74, 6) is 0.118. The summed E-state index contributed by atoms with van der Waals surface area (Å²) in [5.41, 5.74) is 0. The molecule has 3 N–H and O–H groups in total. The summed E-state index contributed by atoms with van der Waals surface area (Å²) < 4.78 is 0.